The van der Waals surface area contributed by atoms with E-state index < -0.39 is 0 Å². The molecule has 0 spiro atoms. The van der Waals surface area contributed by atoms with E-state index in [0.29, 0.717) is 5.69 Å². The summed E-state index contributed by atoms with van der Waals surface area (Å²) in [6.45, 7) is 8.10. The largest absolute Gasteiger partial charge is 0.321 e. The van der Waals surface area contributed by atoms with Gasteiger partial charge in [-0.1, -0.05) is 19.9 Å². The van der Waals surface area contributed by atoms with E-state index in [4.69, 9.17) is 0 Å². The van der Waals surface area contributed by atoms with Gasteiger partial charge in [0.05, 0.1) is 10.2 Å². The zero-order valence-corrected chi connectivity index (χ0v) is 13.6. The number of halogens is 1. The number of benzene rings is 1. The molecular weight excluding hydrogens is 318 g/mol. The van der Waals surface area contributed by atoms with Crippen molar-refractivity contribution >= 4 is 27.5 Å². The van der Waals surface area contributed by atoms with E-state index in [1.807, 2.05) is 39.8 Å². The van der Waals surface area contributed by atoms with Crippen LogP contribution in [-0.2, 0) is 0 Å². The smallest absolute Gasteiger partial charge is 0.277 e. The summed E-state index contributed by atoms with van der Waals surface area (Å²) in [5, 5.41) is 9.88. The van der Waals surface area contributed by atoms with Gasteiger partial charge in [-0.2, -0.15) is 5.10 Å². The van der Waals surface area contributed by atoms with Crippen LogP contribution in [0, 0.1) is 13.8 Å². The number of anilines is 1. The Balaban J connectivity index is 2.24. The molecule has 0 aliphatic carbocycles. The van der Waals surface area contributed by atoms with E-state index >= 15 is 0 Å². The van der Waals surface area contributed by atoms with Gasteiger partial charge in [0.2, 0.25) is 0 Å². The third-order valence-corrected chi connectivity index (χ3v) is 3.81. The average Bonchev–Trinajstić information content (AvgIpc) is 2.69. The number of hydrogen-bond donors (Lipinski definition) is 2. The second-order valence-electron chi connectivity index (χ2n) is 5.29. The van der Waals surface area contributed by atoms with Crippen molar-refractivity contribution in [2.75, 3.05) is 5.32 Å². The predicted molar refractivity (Wildman–Crippen MR) is 84.2 cm³/mol. The fourth-order valence-electron chi connectivity index (χ4n) is 2.11. The number of carbonyl (C=O) groups excluding carboxylic acids is 1. The zero-order chi connectivity index (χ0) is 14.9. The van der Waals surface area contributed by atoms with Crippen molar-refractivity contribution in [2.24, 2.45) is 0 Å². The first kappa shape index (κ1) is 14.8. The number of nitrogens with one attached hydrogen (secondary N) is 2. The predicted octanol–water partition coefficient (Wildman–Crippen LogP) is 4.16. The second kappa shape index (κ2) is 5.79. The maximum absolute atomic E-state index is 12.3. The van der Waals surface area contributed by atoms with Crippen molar-refractivity contribution in [2.45, 2.75) is 33.6 Å². The molecule has 0 fully saturated rings. The first-order chi connectivity index (χ1) is 9.38. The highest BCUT2D eigenvalue weighted by molar-refractivity contribution is 9.10. The summed E-state index contributed by atoms with van der Waals surface area (Å²) in [5.41, 5.74) is 4.32. The normalized spacial score (nSPS) is 10.9. The highest BCUT2D eigenvalue weighted by Crippen LogP contribution is 2.26. The number of nitrogens with zero attached hydrogens (tertiary/aromatic N) is 1. The molecule has 2 rings (SSSR count). The van der Waals surface area contributed by atoms with Crippen LogP contribution in [0.25, 0.3) is 0 Å². The lowest BCUT2D eigenvalue weighted by Crippen LogP contribution is -2.13. The van der Waals surface area contributed by atoms with Gasteiger partial charge in [-0.15, -0.1) is 0 Å². The summed E-state index contributed by atoms with van der Waals surface area (Å²) in [6.07, 6.45) is 0. The third-order valence-electron chi connectivity index (χ3n) is 3.00. The van der Waals surface area contributed by atoms with E-state index in [9.17, 15) is 4.79 Å². The first-order valence-corrected chi connectivity index (χ1v) is 7.31. The highest BCUT2D eigenvalue weighted by atomic mass is 79.9. The lowest BCUT2D eigenvalue weighted by Gasteiger charge is -2.06. The van der Waals surface area contributed by atoms with Crippen LogP contribution in [0.3, 0.4) is 0 Å². The Morgan fingerprint density at radius 3 is 2.35 bits per heavy atom. The molecule has 0 saturated carbocycles. The summed E-state index contributed by atoms with van der Waals surface area (Å²) in [7, 11) is 0. The molecule has 0 radical (unpaired) electrons. The minimum Gasteiger partial charge on any atom is -0.321 e. The minimum absolute atomic E-state index is 0.218. The van der Waals surface area contributed by atoms with Gasteiger partial charge in [0.15, 0.2) is 5.69 Å². The Morgan fingerprint density at radius 1 is 1.25 bits per heavy atom. The van der Waals surface area contributed by atoms with Crippen LogP contribution in [0.4, 0.5) is 5.69 Å². The van der Waals surface area contributed by atoms with Crippen molar-refractivity contribution in [3.05, 3.63) is 45.2 Å². The van der Waals surface area contributed by atoms with Crippen LogP contribution in [0.1, 0.15) is 47.1 Å². The number of aryl methyl sites for hydroxylation is 2. The van der Waals surface area contributed by atoms with Crippen LogP contribution in [-0.4, -0.2) is 16.1 Å². The van der Waals surface area contributed by atoms with Gasteiger partial charge in [0, 0.05) is 5.69 Å². The van der Waals surface area contributed by atoms with E-state index in [2.05, 4.69) is 37.5 Å². The van der Waals surface area contributed by atoms with Crippen LogP contribution in [0.15, 0.2) is 22.7 Å². The number of aromatic amines is 1. The molecule has 5 heteroatoms. The molecule has 1 aromatic heterocycles. The quantitative estimate of drug-likeness (QED) is 0.884. The molecular formula is C15H18BrN3O. The maximum atomic E-state index is 12.3. The van der Waals surface area contributed by atoms with Crippen molar-refractivity contribution in [1.82, 2.24) is 10.2 Å². The van der Waals surface area contributed by atoms with Gasteiger partial charge in [-0.3, -0.25) is 9.89 Å². The number of aromatic nitrogens is 2. The molecule has 0 atom stereocenters. The number of hydrogen-bond acceptors (Lipinski definition) is 2. The molecule has 1 heterocycles. The highest BCUT2D eigenvalue weighted by Gasteiger charge is 2.19. The maximum Gasteiger partial charge on any atom is 0.277 e. The van der Waals surface area contributed by atoms with Gasteiger partial charge in [-0.25, -0.2) is 0 Å². The Morgan fingerprint density at radius 2 is 1.85 bits per heavy atom. The third kappa shape index (κ3) is 3.10. The molecule has 2 N–H and O–H groups in total. The fraction of sp³-hybridized carbons (Fsp3) is 0.333. The molecule has 4 nitrogen and oxygen atoms in total. The van der Waals surface area contributed by atoms with Gasteiger partial charge < -0.3 is 5.32 Å². The topological polar surface area (TPSA) is 57.8 Å². The Hall–Kier alpha value is -1.62. The number of rotatable bonds is 3. The van der Waals surface area contributed by atoms with Crippen LogP contribution in [0.2, 0.25) is 0 Å². The minimum atomic E-state index is -0.218. The molecule has 0 saturated heterocycles. The van der Waals surface area contributed by atoms with E-state index in [1.54, 1.807) is 0 Å². The summed E-state index contributed by atoms with van der Waals surface area (Å²) >= 11 is 3.44. The fourth-order valence-corrected chi connectivity index (χ4v) is 2.93. The van der Waals surface area contributed by atoms with Gasteiger partial charge in [-0.05, 0) is 59.0 Å². The molecule has 1 amide bonds. The Bertz CT molecular complexity index is 626. The van der Waals surface area contributed by atoms with E-state index in [0.717, 1.165) is 27.0 Å². The van der Waals surface area contributed by atoms with Gasteiger partial charge >= 0.3 is 0 Å². The lowest BCUT2D eigenvalue weighted by molar-refractivity contribution is 0.102. The van der Waals surface area contributed by atoms with Crippen molar-refractivity contribution in [3.8, 4) is 0 Å². The van der Waals surface area contributed by atoms with Crippen molar-refractivity contribution in [1.29, 1.82) is 0 Å². The monoisotopic (exact) mass is 335 g/mol. The summed E-state index contributed by atoms with van der Waals surface area (Å²) in [4.78, 5) is 12.3. The molecule has 0 aliphatic heterocycles. The van der Waals surface area contributed by atoms with Gasteiger partial charge in [0.25, 0.3) is 5.91 Å². The van der Waals surface area contributed by atoms with Crippen molar-refractivity contribution in [3.63, 3.8) is 0 Å². The van der Waals surface area contributed by atoms with Gasteiger partial charge in [0.1, 0.15) is 0 Å². The summed E-state index contributed by atoms with van der Waals surface area (Å²) in [6, 6.07) is 5.95. The van der Waals surface area contributed by atoms with E-state index in [1.165, 1.54) is 0 Å². The molecule has 20 heavy (non-hydrogen) atoms. The number of carbonyl (C=O) groups is 1. The number of amides is 1. The molecule has 0 bridgehead atoms. The summed E-state index contributed by atoms with van der Waals surface area (Å²) in [5.74, 6) is 0.0599. The van der Waals surface area contributed by atoms with Crippen molar-refractivity contribution < 1.29 is 4.79 Å². The SMILES string of the molecule is Cc1cc(C)cc(NC(=O)c2n[nH]c(C(C)C)c2Br)c1. The summed E-state index contributed by atoms with van der Waals surface area (Å²) < 4.78 is 0.731. The molecule has 2 aromatic rings. The lowest BCUT2D eigenvalue weighted by atomic mass is 10.1. The standard InChI is InChI=1S/C15H18BrN3O/c1-8(2)13-12(16)14(19-18-13)15(20)17-11-6-9(3)5-10(4)7-11/h5-8H,1-4H3,(H,17,20)(H,18,19). The molecule has 106 valence electrons. The number of H-pyrrole nitrogens is 1. The van der Waals surface area contributed by atoms with Crippen LogP contribution in [0.5, 0.6) is 0 Å². The molecule has 1 aromatic carbocycles. The first-order valence-electron chi connectivity index (χ1n) is 6.52. The van der Waals surface area contributed by atoms with Crippen LogP contribution < -0.4 is 5.32 Å². The second-order valence-corrected chi connectivity index (χ2v) is 6.08. The Kier molecular flexibility index (Phi) is 4.28. The van der Waals surface area contributed by atoms with E-state index in [-0.39, 0.29) is 11.8 Å². The van der Waals surface area contributed by atoms with Crippen LogP contribution >= 0.6 is 15.9 Å². The molecule has 0 unspecified atom stereocenters. The molecule has 0 aliphatic rings. The Labute approximate surface area is 127 Å². The zero-order valence-electron chi connectivity index (χ0n) is 12.0. The average molecular weight is 336 g/mol.